The van der Waals surface area contributed by atoms with Crippen LogP contribution in [0.2, 0.25) is 0 Å². The maximum atomic E-state index is 11.6. The van der Waals surface area contributed by atoms with Gasteiger partial charge in [0.25, 0.3) is 5.78 Å². The maximum absolute atomic E-state index is 11.6. The van der Waals surface area contributed by atoms with Crippen LogP contribution in [0.4, 0.5) is 0 Å². The second kappa shape index (κ2) is 6.65. The van der Waals surface area contributed by atoms with E-state index in [0.717, 1.165) is 0 Å². The summed E-state index contributed by atoms with van der Waals surface area (Å²) in [5, 5.41) is 0. The average Bonchev–Trinajstić information content (AvgIpc) is 2.36. The molecule has 17 heavy (non-hydrogen) atoms. The highest BCUT2D eigenvalue weighted by molar-refractivity contribution is 6.40. The van der Waals surface area contributed by atoms with E-state index in [1.807, 2.05) is 0 Å². The number of carbonyl (C=O) groups excluding carboxylic acids is 2. The van der Waals surface area contributed by atoms with E-state index in [-0.39, 0.29) is 19.0 Å². The Morgan fingerprint density at radius 1 is 1.29 bits per heavy atom. The summed E-state index contributed by atoms with van der Waals surface area (Å²) >= 11 is 0. The Bertz CT molecular complexity index is 400. The predicted octanol–water partition coefficient (Wildman–Crippen LogP) is 1.42. The van der Waals surface area contributed by atoms with Gasteiger partial charge in [-0.05, 0) is 19.1 Å². The first kappa shape index (κ1) is 13.2. The van der Waals surface area contributed by atoms with Gasteiger partial charge in [-0.25, -0.2) is 4.79 Å². The molecular weight excluding hydrogens is 224 g/mol. The van der Waals surface area contributed by atoms with Gasteiger partial charge in [0.2, 0.25) is 0 Å². The number of hydrogen-bond donors (Lipinski definition) is 0. The topological polar surface area (TPSA) is 61.8 Å². The van der Waals surface area contributed by atoms with Crippen molar-refractivity contribution in [3.05, 3.63) is 29.8 Å². The highest BCUT2D eigenvalue weighted by Gasteiger charge is 2.17. The molecule has 0 atom stereocenters. The molecule has 0 aliphatic carbocycles. The van der Waals surface area contributed by atoms with E-state index in [0.29, 0.717) is 5.75 Å². The minimum atomic E-state index is -0.864. The van der Waals surface area contributed by atoms with Crippen LogP contribution in [0.5, 0.6) is 5.75 Å². The number of esters is 1. The second-order valence-electron chi connectivity index (χ2n) is 3.13. The van der Waals surface area contributed by atoms with Gasteiger partial charge in [0.05, 0.1) is 6.61 Å². The van der Waals surface area contributed by atoms with Gasteiger partial charge in [-0.1, -0.05) is 12.1 Å². The Hall–Kier alpha value is -1.88. The van der Waals surface area contributed by atoms with Crippen LogP contribution in [-0.2, 0) is 14.3 Å². The first-order chi connectivity index (χ1) is 8.19. The van der Waals surface area contributed by atoms with Gasteiger partial charge < -0.3 is 14.2 Å². The summed E-state index contributed by atoms with van der Waals surface area (Å²) in [5.74, 6) is -1.09. The molecule has 0 saturated heterocycles. The zero-order valence-electron chi connectivity index (χ0n) is 9.76. The minimum absolute atomic E-state index is 0.0804. The van der Waals surface area contributed by atoms with Gasteiger partial charge in [0, 0.05) is 12.7 Å². The molecule has 0 amide bonds. The molecule has 0 aliphatic rings. The first-order valence-electron chi connectivity index (χ1n) is 5.12. The summed E-state index contributed by atoms with van der Waals surface area (Å²) in [7, 11) is 1.49. The van der Waals surface area contributed by atoms with E-state index in [1.165, 1.54) is 19.2 Å². The lowest BCUT2D eigenvalue weighted by Gasteiger charge is -2.06. The lowest BCUT2D eigenvalue weighted by atomic mass is 10.1. The molecule has 0 unspecified atom stereocenters. The molecule has 0 fully saturated rings. The Labute approximate surface area is 99.3 Å². The molecule has 1 rings (SSSR count). The summed E-state index contributed by atoms with van der Waals surface area (Å²) < 4.78 is 14.5. The van der Waals surface area contributed by atoms with Crippen LogP contribution in [0.3, 0.4) is 0 Å². The highest BCUT2D eigenvalue weighted by atomic mass is 16.7. The van der Waals surface area contributed by atoms with Crippen molar-refractivity contribution in [1.82, 2.24) is 0 Å². The van der Waals surface area contributed by atoms with Crippen LogP contribution in [-0.4, -0.2) is 32.3 Å². The summed E-state index contributed by atoms with van der Waals surface area (Å²) in [6, 6.07) is 6.29. The van der Waals surface area contributed by atoms with Crippen molar-refractivity contribution in [3.8, 4) is 5.75 Å². The average molecular weight is 238 g/mol. The molecule has 0 saturated carbocycles. The third-order valence-electron chi connectivity index (χ3n) is 1.90. The minimum Gasteiger partial charge on any atom is -0.468 e. The van der Waals surface area contributed by atoms with Crippen LogP contribution in [0.15, 0.2) is 24.3 Å². The number of benzene rings is 1. The second-order valence-corrected chi connectivity index (χ2v) is 3.13. The molecule has 5 heteroatoms. The quantitative estimate of drug-likeness (QED) is 0.324. The molecule has 0 aromatic heterocycles. The summed E-state index contributed by atoms with van der Waals surface area (Å²) in [5.41, 5.74) is 0.233. The van der Waals surface area contributed by atoms with Crippen LogP contribution in [0, 0.1) is 0 Å². The molecule has 92 valence electrons. The van der Waals surface area contributed by atoms with E-state index in [2.05, 4.69) is 4.74 Å². The monoisotopic (exact) mass is 238 g/mol. The van der Waals surface area contributed by atoms with Crippen LogP contribution in [0.1, 0.15) is 17.3 Å². The van der Waals surface area contributed by atoms with Crippen molar-refractivity contribution in [3.63, 3.8) is 0 Å². The number of ether oxygens (including phenoxy) is 3. The summed E-state index contributed by atoms with van der Waals surface area (Å²) in [4.78, 5) is 22.8. The summed E-state index contributed by atoms with van der Waals surface area (Å²) in [6.45, 7) is 1.89. The lowest BCUT2D eigenvalue weighted by molar-refractivity contribution is -0.137. The van der Waals surface area contributed by atoms with E-state index < -0.39 is 11.8 Å². The fourth-order valence-corrected chi connectivity index (χ4v) is 1.17. The smallest absolute Gasteiger partial charge is 0.379 e. The fraction of sp³-hybridized carbons (Fsp3) is 0.333. The number of methoxy groups -OCH3 is 1. The Morgan fingerprint density at radius 2 is 2.06 bits per heavy atom. The number of hydrogen-bond acceptors (Lipinski definition) is 5. The van der Waals surface area contributed by atoms with Crippen molar-refractivity contribution < 1.29 is 23.8 Å². The number of Topliss-reactive ketones (excluding diaryl/α,β-unsaturated/α-hetero) is 1. The predicted molar refractivity (Wildman–Crippen MR) is 59.9 cm³/mol. The van der Waals surface area contributed by atoms with Gasteiger partial charge >= 0.3 is 5.97 Å². The van der Waals surface area contributed by atoms with E-state index in [9.17, 15) is 9.59 Å². The Kier molecular flexibility index (Phi) is 5.16. The van der Waals surface area contributed by atoms with Gasteiger partial charge in [-0.15, -0.1) is 0 Å². The lowest BCUT2D eigenvalue weighted by Crippen LogP contribution is -2.17. The van der Waals surface area contributed by atoms with Gasteiger partial charge in [-0.3, -0.25) is 4.79 Å². The maximum Gasteiger partial charge on any atom is 0.379 e. The molecule has 0 bridgehead atoms. The molecule has 0 radical (unpaired) electrons. The Morgan fingerprint density at radius 3 is 2.71 bits per heavy atom. The zero-order valence-corrected chi connectivity index (χ0v) is 9.76. The van der Waals surface area contributed by atoms with Crippen molar-refractivity contribution in [1.29, 1.82) is 0 Å². The zero-order chi connectivity index (χ0) is 12.7. The first-order valence-corrected chi connectivity index (χ1v) is 5.12. The summed E-state index contributed by atoms with van der Waals surface area (Å²) in [6.07, 6.45) is 0. The number of carbonyl (C=O) groups is 2. The Balaban J connectivity index is 2.76. The third-order valence-corrected chi connectivity index (χ3v) is 1.90. The largest absolute Gasteiger partial charge is 0.468 e. The molecule has 0 N–H and O–H groups in total. The van der Waals surface area contributed by atoms with E-state index in [1.54, 1.807) is 19.1 Å². The van der Waals surface area contributed by atoms with Crippen LogP contribution >= 0.6 is 0 Å². The van der Waals surface area contributed by atoms with Crippen molar-refractivity contribution in [2.75, 3.05) is 20.5 Å². The highest BCUT2D eigenvalue weighted by Crippen LogP contribution is 2.14. The number of rotatable bonds is 6. The molecular formula is C12H14O5. The molecule has 0 aliphatic heterocycles. The van der Waals surface area contributed by atoms with E-state index >= 15 is 0 Å². The fourth-order valence-electron chi connectivity index (χ4n) is 1.17. The molecule has 1 aromatic rings. The van der Waals surface area contributed by atoms with Gasteiger partial charge in [0.15, 0.2) is 6.79 Å². The molecule has 5 nitrogen and oxygen atoms in total. The number of ketones is 1. The van der Waals surface area contributed by atoms with Gasteiger partial charge in [-0.2, -0.15) is 0 Å². The van der Waals surface area contributed by atoms with Crippen molar-refractivity contribution in [2.24, 2.45) is 0 Å². The third kappa shape index (κ3) is 3.88. The normalized spacial score (nSPS) is 9.76. The van der Waals surface area contributed by atoms with E-state index in [4.69, 9.17) is 9.47 Å². The molecule has 0 heterocycles. The standard InChI is InChI=1S/C12H14O5/c1-3-16-12(14)11(13)9-5-4-6-10(7-9)17-8-15-2/h4-7H,3,8H2,1-2H3. The van der Waals surface area contributed by atoms with Crippen LogP contribution in [0.25, 0.3) is 0 Å². The van der Waals surface area contributed by atoms with Gasteiger partial charge in [0.1, 0.15) is 5.75 Å². The van der Waals surface area contributed by atoms with Crippen LogP contribution < -0.4 is 4.74 Å². The molecule has 0 spiro atoms. The SMILES string of the molecule is CCOC(=O)C(=O)c1cccc(OCOC)c1. The molecule has 1 aromatic carbocycles. The van der Waals surface area contributed by atoms with Crippen molar-refractivity contribution >= 4 is 11.8 Å². The van der Waals surface area contributed by atoms with Crippen molar-refractivity contribution in [2.45, 2.75) is 6.92 Å².